The zero-order chi connectivity index (χ0) is 17.2. The fraction of sp³-hybridized carbons (Fsp3) is 0.136. The van der Waals surface area contributed by atoms with Gasteiger partial charge in [-0.2, -0.15) is 0 Å². The molecule has 1 unspecified atom stereocenters. The molecule has 0 bridgehead atoms. The van der Waals surface area contributed by atoms with Crippen LogP contribution in [0.1, 0.15) is 28.4 Å². The van der Waals surface area contributed by atoms with Crippen molar-refractivity contribution in [2.75, 3.05) is 0 Å². The predicted molar refractivity (Wildman–Crippen MR) is 105 cm³/mol. The van der Waals surface area contributed by atoms with E-state index in [1.165, 1.54) is 16.0 Å². The average molecular weight is 345 g/mol. The summed E-state index contributed by atoms with van der Waals surface area (Å²) in [5.41, 5.74) is 5.73. The van der Waals surface area contributed by atoms with Crippen molar-refractivity contribution in [1.82, 2.24) is 0 Å². The molecule has 3 aromatic rings. The van der Waals surface area contributed by atoms with E-state index in [1.807, 2.05) is 30.0 Å². The summed E-state index contributed by atoms with van der Waals surface area (Å²) in [6.45, 7) is 2.11. The van der Waals surface area contributed by atoms with Crippen LogP contribution in [-0.2, 0) is 0 Å². The van der Waals surface area contributed by atoms with Crippen molar-refractivity contribution in [3.05, 3.63) is 89.5 Å². The highest BCUT2D eigenvalue weighted by atomic mass is 32.2. The van der Waals surface area contributed by atoms with E-state index in [0.29, 0.717) is 5.25 Å². The van der Waals surface area contributed by atoms with E-state index >= 15 is 0 Å². The van der Waals surface area contributed by atoms with Gasteiger partial charge in [-0.3, -0.25) is 4.99 Å². The molecule has 1 heterocycles. The monoisotopic (exact) mass is 345 g/mol. The lowest BCUT2D eigenvalue weighted by atomic mass is 10.0. The van der Waals surface area contributed by atoms with Crippen LogP contribution >= 0.6 is 11.8 Å². The summed E-state index contributed by atoms with van der Waals surface area (Å²) >= 11 is 1.87. The van der Waals surface area contributed by atoms with Crippen LogP contribution in [0.5, 0.6) is 5.75 Å². The maximum absolute atomic E-state index is 9.58. The topological polar surface area (TPSA) is 32.6 Å². The molecule has 4 rings (SSSR count). The van der Waals surface area contributed by atoms with Gasteiger partial charge >= 0.3 is 0 Å². The lowest BCUT2D eigenvalue weighted by Crippen LogP contribution is -2.05. The van der Waals surface area contributed by atoms with Gasteiger partial charge in [0.2, 0.25) is 0 Å². The van der Waals surface area contributed by atoms with E-state index < -0.39 is 0 Å². The van der Waals surface area contributed by atoms with Crippen molar-refractivity contribution < 1.29 is 5.11 Å². The van der Waals surface area contributed by atoms with Crippen molar-refractivity contribution >= 4 is 23.2 Å². The number of fused-ring (bicyclic) bond motifs is 1. The first kappa shape index (κ1) is 16.0. The third-order valence-electron chi connectivity index (χ3n) is 4.42. The highest BCUT2D eigenvalue weighted by Gasteiger charge is 2.22. The molecule has 25 heavy (non-hydrogen) atoms. The summed E-state index contributed by atoms with van der Waals surface area (Å²) < 4.78 is 0. The molecule has 0 fully saturated rings. The molecule has 1 N–H and O–H groups in total. The number of para-hydroxylation sites is 1. The van der Waals surface area contributed by atoms with Gasteiger partial charge in [0.1, 0.15) is 5.75 Å². The number of phenolic OH excluding ortho intramolecular Hbond substituents is 1. The third-order valence-corrected chi connectivity index (χ3v) is 5.74. The number of rotatable bonds is 2. The Kier molecular flexibility index (Phi) is 4.33. The Morgan fingerprint density at radius 1 is 0.920 bits per heavy atom. The minimum absolute atomic E-state index is 0.280. The largest absolute Gasteiger partial charge is 0.508 e. The Balaban J connectivity index is 1.78. The smallest absolute Gasteiger partial charge is 0.115 e. The van der Waals surface area contributed by atoms with E-state index in [2.05, 4.69) is 49.4 Å². The van der Waals surface area contributed by atoms with Crippen LogP contribution < -0.4 is 0 Å². The van der Waals surface area contributed by atoms with Crippen LogP contribution in [0.4, 0.5) is 5.69 Å². The molecule has 0 aliphatic carbocycles. The molecule has 0 radical (unpaired) electrons. The molecule has 1 aliphatic heterocycles. The zero-order valence-electron chi connectivity index (χ0n) is 14.0. The van der Waals surface area contributed by atoms with E-state index in [4.69, 9.17) is 4.99 Å². The molecule has 1 aliphatic rings. The van der Waals surface area contributed by atoms with Gasteiger partial charge in [0.25, 0.3) is 0 Å². The second kappa shape index (κ2) is 6.77. The van der Waals surface area contributed by atoms with Crippen molar-refractivity contribution in [1.29, 1.82) is 0 Å². The first-order valence-electron chi connectivity index (χ1n) is 8.38. The lowest BCUT2D eigenvalue weighted by molar-refractivity contribution is 0.475. The highest BCUT2D eigenvalue weighted by Crippen LogP contribution is 2.45. The quantitative estimate of drug-likeness (QED) is 0.612. The third kappa shape index (κ3) is 3.47. The molecule has 124 valence electrons. The van der Waals surface area contributed by atoms with Crippen LogP contribution in [0, 0.1) is 6.92 Å². The number of hydrogen-bond donors (Lipinski definition) is 1. The van der Waals surface area contributed by atoms with Crippen molar-refractivity contribution in [3.63, 3.8) is 0 Å². The molecular formula is C22H19NOS. The van der Waals surface area contributed by atoms with E-state index in [-0.39, 0.29) is 5.75 Å². The molecule has 0 saturated heterocycles. The summed E-state index contributed by atoms with van der Waals surface area (Å²) in [5.74, 6) is 0.280. The Morgan fingerprint density at radius 2 is 1.64 bits per heavy atom. The number of hydrogen-bond acceptors (Lipinski definition) is 3. The van der Waals surface area contributed by atoms with Crippen molar-refractivity contribution in [3.8, 4) is 5.75 Å². The molecule has 0 spiro atoms. The van der Waals surface area contributed by atoms with Gasteiger partial charge in [-0.1, -0.05) is 42.0 Å². The molecule has 0 saturated carbocycles. The van der Waals surface area contributed by atoms with Crippen LogP contribution in [0.15, 0.2) is 82.7 Å². The SMILES string of the molecule is Cc1ccc(C2CC(c3ccc(O)cc3)=Nc3ccccc3S2)cc1. The minimum Gasteiger partial charge on any atom is -0.508 e. The van der Waals surface area contributed by atoms with Gasteiger partial charge in [-0.15, -0.1) is 11.8 Å². The summed E-state index contributed by atoms with van der Waals surface area (Å²) in [6, 6.07) is 24.4. The molecule has 3 heteroatoms. The standard InChI is InChI=1S/C22H19NOS/c1-15-6-8-17(9-7-15)22-14-20(16-10-12-18(24)13-11-16)23-19-4-2-3-5-21(19)25-22/h2-13,22,24H,14H2,1H3. The summed E-state index contributed by atoms with van der Waals surface area (Å²) in [5, 5.41) is 9.90. The summed E-state index contributed by atoms with van der Waals surface area (Å²) in [4.78, 5) is 6.16. The van der Waals surface area contributed by atoms with Crippen molar-refractivity contribution in [2.24, 2.45) is 4.99 Å². The fourth-order valence-corrected chi connectivity index (χ4v) is 4.25. The second-order valence-corrected chi connectivity index (χ2v) is 7.54. The summed E-state index contributed by atoms with van der Waals surface area (Å²) in [7, 11) is 0. The van der Waals surface area contributed by atoms with E-state index in [9.17, 15) is 5.11 Å². The molecule has 1 atom stereocenters. The molecule has 0 aromatic heterocycles. The second-order valence-electron chi connectivity index (χ2n) is 6.29. The van der Waals surface area contributed by atoms with E-state index in [0.717, 1.165) is 23.4 Å². The van der Waals surface area contributed by atoms with Crippen LogP contribution in [0.2, 0.25) is 0 Å². The predicted octanol–water partition coefficient (Wildman–Crippen LogP) is 6.06. The average Bonchev–Trinajstić information content (AvgIpc) is 2.82. The number of benzene rings is 3. The van der Waals surface area contributed by atoms with Gasteiger partial charge in [-0.05, 0) is 54.4 Å². The minimum atomic E-state index is 0.280. The lowest BCUT2D eigenvalue weighted by Gasteiger charge is -2.16. The van der Waals surface area contributed by atoms with Gasteiger partial charge < -0.3 is 5.11 Å². The van der Waals surface area contributed by atoms with Crippen LogP contribution in [0.3, 0.4) is 0 Å². The Hall–Kier alpha value is -2.52. The highest BCUT2D eigenvalue weighted by molar-refractivity contribution is 7.99. The zero-order valence-corrected chi connectivity index (χ0v) is 14.8. The Bertz CT molecular complexity index is 914. The fourth-order valence-electron chi connectivity index (χ4n) is 3.01. The first-order valence-corrected chi connectivity index (χ1v) is 9.26. The molecule has 3 aromatic carbocycles. The summed E-state index contributed by atoms with van der Waals surface area (Å²) in [6.07, 6.45) is 0.854. The van der Waals surface area contributed by atoms with Gasteiger partial charge in [0.15, 0.2) is 0 Å². The number of phenols is 1. The van der Waals surface area contributed by atoms with Crippen LogP contribution in [-0.4, -0.2) is 10.8 Å². The normalized spacial score (nSPS) is 16.7. The number of aryl methyl sites for hydroxylation is 1. The Labute approximate surface area is 152 Å². The van der Waals surface area contributed by atoms with Gasteiger partial charge in [-0.25, -0.2) is 0 Å². The number of thioether (sulfide) groups is 1. The maximum atomic E-state index is 9.58. The van der Waals surface area contributed by atoms with E-state index in [1.54, 1.807) is 12.1 Å². The van der Waals surface area contributed by atoms with Crippen molar-refractivity contribution in [2.45, 2.75) is 23.5 Å². The molecule has 0 amide bonds. The number of aromatic hydroxyl groups is 1. The number of aliphatic imine (C=N–C) groups is 1. The molecular weight excluding hydrogens is 326 g/mol. The first-order chi connectivity index (χ1) is 12.2. The van der Waals surface area contributed by atoms with Gasteiger partial charge in [0, 0.05) is 22.3 Å². The maximum Gasteiger partial charge on any atom is 0.115 e. The Morgan fingerprint density at radius 3 is 2.40 bits per heavy atom. The molecule has 2 nitrogen and oxygen atoms in total. The number of nitrogens with zero attached hydrogens (tertiary/aromatic N) is 1. The van der Waals surface area contributed by atoms with Gasteiger partial charge in [0.05, 0.1) is 5.69 Å². The van der Waals surface area contributed by atoms with Crippen LogP contribution in [0.25, 0.3) is 0 Å².